The van der Waals surface area contributed by atoms with E-state index in [-0.39, 0.29) is 11.7 Å². The quantitative estimate of drug-likeness (QED) is 0.896. The van der Waals surface area contributed by atoms with Crippen molar-refractivity contribution >= 4 is 0 Å². The third-order valence-electron chi connectivity index (χ3n) is 4.18. The normalized spacial score (nSPS) is 20.6. The largest absolute Gasteiger partial charge is 0.496 e. The first-order valence-electron chi connectivity index (χ1n) is 7.84. The number of benzene rings is 1. The van der Waals surface area contributed by atoms with E-state index in [1.54, 1.807) is 13.2 Å². The molecule has 1 heterocycles. The number of hydrogen-bond donors (Lipinski definition) is 2. The lowest BCUT2D eigenvalue weighted by Crippen LogP contribution is -2.37. The van der Waals surface area contributed by atoms with Gasteiger partial charge in [-0.15, -0.1) is 0 Å². The Morgan fingerprint density at radius 2 is 2.22 bits per heavy atom. The van der Waals surface area contributed by atoms with Crippen molar-refractivity contribution in [2.24, 2.45) is 0 Å². The molecule has 1 aromatic rings. The van der Waals surface area contributed by atoms with Gasteiger partial charge < -0.3 is 20.1 Å². The van der Waals surface area contributed by atoms with Gasteiger partial charge in [0.2, 0.25) is 0 Å². The molecule has 1 fully saturated rings. The Kier molecular flexibility index (Phi) is 4.06. The first-order valence-corrected chi connectivity index (χ1v) is 7.84. The maximum Gasteiger partial charge on any atom is 0.126 e. The highest BCUT2D eigenvalue weighted by Gasteiger charge is 2.30. The number of methoxy groups -OCH3 is 1. The van der Waals surface area contributed by atoms with Gasteiger partial charge in [0.15, 0.2) is 0 Å². The molecule has 1 aliphatic heterocycles. The highest BCUT2D eigenvalue weighted by molar-refractivity contribution is 5.45. The van der Waals surface area contributed by atoms with Gasteiger partial charge in [-0.2, -0.15) is 0 Å². The lowest BCUT2D eigenvalue weighted by molar-refractivity contribution is 0.0505. The summed E-state index contributed by atoms with van der Waals surface area (Å²) in [4.78, 5) is 2.14. The summed E-state index contributed by atoms with van der Waals surface area (Å²) < 4.78 is 18.7. The fourth-order valence-corrected chi connectivity index (χ4v) is 3.23. The number of halogens is 1. The average molecular weight is 318 g/mol. The second-order valence-corrected chi connectivity index (χ2v) is 6.74. The lowest BCUT2D eigenvalue weighted by atomic mass is 9.89. The van der Waals surface area contributed by atoms with Gasteiger partial charge in [-0.1, -0.05) is 18.2 Å². The van der Waals surface area contributed by atoms with Gasteiger partial charge in [-0.05, 0) is 26.3 Å². The molecule has 4 nitrogen and oxygen atoms in total. The molecule has 1 unspecified atom stereocenters. The molecule has 1 saturated heterocycles. The zero-order chi connectivity index (χ0) is 16.6. The molecule has 1 aromatic carbocycles. The first-order chi connectivity index (χ1) is 10.9. The maximum atomic E-state index is 13.4. The summed E-state index contributed by atoms with van der Waals surface area (Å²) in [5, 5.41) is 13.4. The van der Waals surface area contributed by atoms with Crippen molar-refractivity contribution < 1.29 is 14.2 Å². The van der Waals surface area contributed by atoms with Crippen molar-refractivity contribution in [1.29, 1.82) is 0 Å². The number of fused-ring (bicyclic) bond motifs is 1. The molecular weight excluding hydrogens is 295 g/mol. The Labute approximate surface area is 136 Å². The van der Waals surface area contributed by atoms with Gasteiger partial charge in [0.05, 0.1) is 30.8 Å². The second kappa shape index (κ2) is 5.89. The highest BCUT2D eigenvalue weighted by atomic mass is 19.1. The number of aliphatic hydroxyl groups is 1. The molecule has 2 N–H and O–H groups in total. The van der Waals surface area contributed by atoms with Crippen LogP contribution in [0.4, 0.5) is 4.39 Å². The second-order valence-electron chi connectivity index (χ2n) is 6.74. The van der Waals surface area contributed by atoms with Crippen molar-refractivity contribution in [3.63, 3.8) is 0 Å². The Morgan fingerprint density at radius 1 is 1.43 bits per heavy atom. The summed E-state index contributed by atoms with van der Waals surface area (Å²) in [6.07, 6.45) is 5.16. The van der Waals surface area contributed by atoms with Crippen molar-refractivity contribution in [3.05, 3.63) is 53.1 Å². The van der Waals surface area contributed by atoms with Crippen molar-refractivity contribution in [1.82, 2.24) is 10.2 Å². The van der Waals surface area contributed by atoms with Crippen LogP contribution in [0.3, 0.4) is 0 Å². The van der Waals surface area contributed by atoms with E-state index in [0.717, 1.165) is 23.4 Å². The van der Waals surface area contributed by atoms with E-state index in [4.69, 9.17) is 4.74 Å². The molecule has 0 saturated carbocycles. The van der Waals surface area contributed by atoms with E-state index in [0.29, 0.717) is 19.0 Å². The molecule has 124 valence electrons. The van der Waals surface area contributed by atoms with Crippen LogP contribution in [0.2, 0.25) is 0 Å². The summed E-state index contributed by atoms with van der Waals surface area (Å²) in [6, 6.07) is 4.69. The standard InChI is InChI=1S/C18H23FN2O2/c1-18(2,22)10-21-11-20-15-8-12(4-7-16(15)21)14-6-5-13(19)9-17(14)23-3/h5-9,12,20,22H,4,10-11H2,1-3H3. The minimum absolute atomic E-state index is 0.152. The van der Waals surface area contributed by atoms with E-state index < -0.39 is 5.60 Å². The van der Waals surface area contributed by atoms with Crippen molar-refractivity contribution in [2.45, 2.75) is 31.8 Å². The number of nitrogens with zero attached hydrogens (tertiary/aromatic N) is 1. The van der Waals surface area contributed by atoms with E-state index in [1.807, 2.05) is 13.8 Å². The molecule has 3 rings (SSSR count). The van der Waals surface area contributed by atoms with Crippen LogP contribution in [0.5, 0.6) is 5.75 Å². The molecule has 5 heteroatoms. The van der Waals surface area contributed by atoms with Gasteiger partial charge in [-0.3, -0.25) is 0 Å². The Bertz CT molecular complexity index is 661. The molecule has 1 atom stereocenters. The van der Waals surface area contributed by atoms with Crippen LogP contribution in [0.25, 0.3) is 0 Å². The number of allylic oxidation sites excluding steroid dienone is 2. The zero-order valence-corrected chi connectivity index (χ0v) is 13.8. The van der Waals surface area contributed by atoms with Gasteiger partial charge in [-0.25, -0.2) is 4.39 Å². The van der Waals surface area contributed by atoms with Crippen LogP contribution in [-0.2, 0) is 0 Å². The van der Waals surface area contributed by atoms with Crippen LogP contribution in [0, 0.1) is 5.82 Å². The topological polar surface area (TPSA) is 44.7 Å². The summed E-state index contributed by atoms with van der Waals surface area (Å²) in [6.45, 7) is 4.89. The van der Waals surface area contributed by atoms with E-state index >= 15 is 0 Å². The Hall–Kier alpha value is -2.01. The Balaban J connectivity index is 1.82. The third kappa shape index (κ3) is 3.34. The molecule has 0 amide bonds. The van der Waals surface area contributed by atoms with Crippen LogP contribution >= 0.6 is 0 Å². The minimum atomic E-state index is -0.741. The predicted octanol–water partition coefficient (Wildman–Crippen LogP) is 2.72. The van der Waals surface area contributed by atoms with Crippen LogP contribution < -0.4 is 10.1 Å². The SMILES string of the molecule is COc1cc(F)ccc1C1C=C2NCN(CC(C)(C)O)C2=CC1. The van der Waals surface area contributed by atoms with Gasteiger partial charge in [0.1, 0.15) is 11.6 Å². The van der Waals surface area contributed by atoms with Crippen LogP contribution in [0.1, 0.15) is 31.7 Å². The number of rotatable bonds is 4. The number of ether oxygens (including phenoxy) is 1. The van der Waals surface area contributed by atoms with Crippen molar-refractivity contribution in [3.8, 4) is 5.75 Å². The van der Waals surface area contributed by atoms with Crippen molar-refractivity contribution in [2.75, 3.05) is 20.3 Å². The molecular formula is C18H23FN2O2. The zero-order valence-electron chi connectivity index (χ0n) is 13.8. The van der Waals surface area contributed by atoms with E-state index in [9.17, 15) is 9.50 Å². The van der Waals surface area contributed by atoms with Gasteiger partial charge >= 0.3 is 0 Å². The summed E-state index contributed by atoms with van der Waals surface area (Å²) in [7, 11) is 1.56. The van der Waals surface area contributed by atoms with Gasteiger partial charge in [0, 0.05) is 24.1 Å². The monoisotopic (exact) mass is 318 g/mol. The van der Waals surface area contributed by atoms with Gasteiger partial charge in [0.25, 0.3) is 0 Å². The predicted molar refractivity (Wildman–Crippen MR) is 87.5 cm³/mol. The first kappa shape index (κ1) is 15.9. The molecule has 0 spiro atoms. The number of hydrogen-bond acceptors (Lipinski definition) is 4. The fourth-order valence-electron chi connectivity index (χ4n) is 3.23. The highest BCUT2D eigenvalue weighted by Crippen LogP contribution is 2.37. The van der Waals surface area contributed by atoms with Crippen LogP contribution in [0.15, 0.2) is 41.7 Å². The molecule has 0 radical (unpaired) electrons. The smallest absolute Gasteiger partial charge is 0.126 e. The number of β-amino-alcohol motifs (C(OH)–C–C–N with tert-alkyl or cyclic N) is 1. The average Bonchev–Trinajstić information content (AvgIpc) is 2.87. The third-order valence-corrected chi connectivity index (χ3v) is 4.18. The number of nitrogens with one attached hydrogen (secondary N) is 1. The van der Waals surface area contributed by atoms with Crippen LogP contribution in [-0.4, -0.2) is 35.9 Å². The summed E-state index contributed by atoms with van der Waals surface area (Å²) in [5.41, 5.74) is 2.44. The summed E-state index contributed by atoms with van der Waals surface area (Å²) >= 11 is 0. The minimum Gasteiger partial charge on any atom is -0.496 e. The maximum absolute atomic E-state index is 13.4. The lowest BCUT2D eigenvalue weighted by Gasteiger charge is -2.28. The molecule has 23 heavy (non-hydrogen) atoms. The molecule has 2 aliphatic rings. The molecule has 0 bridgehead atoms. The molecule has 1 aliphatic carbocycles. The van der Waals surface area contributed by atoms with E-state index in [1.165, 1.54) is 12.1 Å². The molecule has 0 aromatic heterocycles. The Morgan fingerprint density at radius 3 is 2.91 bits per heavy atom. The van der Waals surface area contributed by atoms with E-state index in [2.05, 4.69) is 22.4 Å². The fraction of sp³-hybridized carbons (Fsp3) is 0.444. The summed E-state index contributed by atoms with van der Waals surface area (Å²) in [5.74, 6) is 0.439.